The van der Waals surface area contributed by atoms with E-state index < -0.39 is 27.3 Å². The Hall–Kier alpha value is -1.20. The van der Waals surface area contributed by atoms with Crippen LogP contribution in [0, 0.1) is 24.2 Å². The number of Topliss-reactive ketones (excluding diaryl/α,β-unsaturated/α-hetero) is 1. The standard InChI is InChI=1S/C17H24O4S/c1-11-5-7-13(8-6-11)22(20,21)10-14-12(2)16(19)15(18)9-17(14,3)4/h5-8,12,14-15,18H,9-10H2,1-4H3. The van der Waals surface area contributed by atoms with Crippen molar-refractivity contribution in [2.24, 2.45) is 17.3 Å². The van der Waals surface area contributed by atoms with Gasteiger partial charge in [0.05, 0.1) is 10.6 Å². The average Bonchev–Trinajstić information content (AvgIpc) is 2.41. The number of aliphatic hydroxyl groups excluding tert-OH is 1. The van der Waals surface area contributed by atoms with Crippen molar-refractivity contribution in [1.82, 2.24) is 0 Å². The summed E-state index contributed by atoms with van der Waals surface area (Å²) in [6.07, 6.45) is -0.673. The summed E-state index contributed by atoms with van der Waals surface area (Å²) in [5, 5.41) is 9.85. The van der Waals surface area contributed by atoms with Crippen molar-refractivity contribution >= 4 is 15.6 Å². The molecule has 1 N–H and O–H groups in total. The van der Waals surface area contributed by atoms with Crippen LogP contribution >= 0.6 is 0 Å². The number of aliphatic hydroxyl groups is 1. The average molecular weight is 324 g/mol. The van der Waals surface area contributed by atoms with Gasteiger partial charge in [0, 0.05) is 5.92 Å². The number of sulfone groups is 1. The molecule has 0 heterocycles. The van der Waals surface area contributed by atoms with Gasteiger partial charge in [-0.05, 0) is 36.8 Å². The first-order chi connectivity index (χ1) is 10.0. The lowest BCUT2D eigenvalue weighted by atomic mass is 9.63. The lowest BCUT2D eigenvalue weighted by molar-refractivity contribution is -0.141. The second kappa shape index (κ2) is 5.78. The molecule has 0 amide bonds. The summed E-state index contributed by atoms with van der Waals surface area (Å²) in [6.45, 7) is 7.48. The Morgan fingerprint density at radius 3 is 2.32 bits per heavy atom. The minimum absolute atomic E-state index is 0.0668. The first-order valence-corrected chi connectivity index (χ1v) is 9.21. The number of hydrogen-bond donors (Lipinski definition) is 1. The van der Waals surface area contributed by atoms with Crippen LogP contribution < -0.4 is 0 Å². The summed E-state index contributed by atoms with van der Waals surface area (Å²) in [6, 6.07) is 6.78. The van der Waals surface area contributed by atoms with E-state index in [0.29, 0.717) is 11.3 Å². The molecule has 1 fully saturated rings. The lowest BCUT2D eigenvalue weighted by Crippen LogP contribution is -2.49. The van der Waals surface area contributed by atoms with Crippen LogP contribution in [0.25, 0.3) is 0 Å². The van der Waals surface area contributed by atoms with E-state index in [-0.39, 0.29) is 17.5 Å². The van der Waals surface area contributed by atoms with Gasteiger partial charge in [0.2, 0.25) is 0 Å². The number of hydrogen-bond acceptors (Lipinski definition) is 4. The Labute approximate surface area is 132 Å². The number of aryl methyl sites for hydroxylation is 1. The van der Waals surface area contributed by atoms with Crippen LogP contribution in [0.3, 0.4) is 0 Å². The Morgan fingerprint density at radius 2 is 1.77 bits per heavy atom. The highest BCUT2D eigenvalue weighted by molar-refractivity contribution is 7.91. The van der Waals surface area contributed by atoms with Crippen molar-refractivity contribution in [1.29, 1.82) is 0 Å². The molecular weight excluding hydrogens is 300 g/mol. The lowest BCUT2D eigenvalue weighted by Gasteiger charge is -2.43. The molecule has 1 aliphatic rings. The van der Waals surface area contributed by atoms with E-state index in [9.17, 15) is 18.3 Å². The maximum absolute atomic E-state index is 12.7. The van der Waals surface area contributed by atoms with Crippen LogP contribution in [0.4, 0.5) is 0 Å². The molecule has 22 heavy (non-hydrogen) atoms. The normalized spacial score (nSPS) is 28.6. The molecule has 0 aromatic heterocycles. The Balaban J connectivity index is 2.31. The maximum atomic E-state index is 12.7. The fourth-order valence-electron chi connectivity index (χ4n) is 3.38. The summed E-state index contributed by atoms with van der Waals surface area (Å²) < 4.78 is 25.3. The molecule has 3 atom stereocenters. The van der Waals surface area contributed by atoms with Crippen LogP contribution in [0.15, 0.2) is 29.2 Å². The highest BCUT2D eigenvalue weighted by atomic mass is 32.2. The first kappa shape index (κ1) is 17.2. The predicted octanol–water partition coefficient (Wildman–Crippen LogP) is 2.38. The molecule has 1 saturated carbocycles. The zero-order valence-electron chi connectivity index (χ0n) is 13.5. The van der Waals surface area contributed by atoms with E-state index in [1.807, 2.05) is 20.8 Å². The third kappa shape index (κ3) is 3.25. The predicted molar refractivity (Wildman–Crippen MR) is 85.3 cm³/mol. The fourth-order valence-corrected chi connectivity index (χ4v) is 5.33. The molecule has 1 aliphatic carbocycles. The third-order valence-electron chi connectivity index (χ3n) is 4.88. The van der Waals surface area contributed by atoms with Gasteiger partial charge in [-0.25, -0.2) is 8.42 Å². The van der Waals surface area contributed by atoms with Crippen molar-refractivity contribution in [3.05, 3.63) is 29.8 Å². The first-order valence-electron chi connectivity index (χ1n) is 7.56. The molecule has 0 spiro atoms. The second-order valence-electron chi connectivity index (χ2n) is 7.10. The summed E-state index contributed by atoms with van der Waals surface area (Å²) in [5.41, 5.74) is 0.605. The number of rotatable bonds is 3. The molecule has 2 rings (SSSR count). The minimum Gasteiger partial charge on any atom is -0.385 e. The van der Waals surface area contributed by atoms with Gasteiger partial charge in [0.1, 0.15) is 6.10 Å². The van der Waals surface area contributed by atoms with E-state index in [0.717, 1.165) is 5.56 Å². The molecule has 3 unspecified atom stereocenters. The summed E-state index contributed by atoms with van der Waals surface area (Å²) in [5.74, 6) is -1.07. The summed E-state index contributed by atoms with van der Waals surface area (Å²) >= 11 is 0. The van der Waals surface area contributed by atoms with E-state index in [1.165, 1.54) is 0 Å². The molecule has 122 valence electrons. The summed E-state index contributed by atoms with van der Waals surface area (Å²) in [7, 11) is -3.46. The van der Waals surface area contributed by atoms with Gasteiger partial charge in [-0.3, -0.25) is 4.79 Å². The van der Waals surface area contributed by atoms with E-state index in [4.69, 9.17) is 0 Å². The number of benzene rings is 1. The van der Waals surface area contributed by atoms with Crippen molar-refractivity contribution in [3.63, 3.8) is 0 Å². The van der Waals surface area contributed by atoms with Crippen LogP contribution in [0.2, 0.25) is 0 Å². The van der Waals surface area contributed by atoms with Gasteiger partial charge in [0.25, 0.3) is 0 Å². The Morgan fingerprint density at radius 1 is 1.23 bits per heavy atom. The summed E-state index contributed by atoms with van der Waals surface area (Å²) in [4.78, 5) is 12.3. The van der Waals surface area contributed by atoms with E-state index >= 15 is 0 Å². The Kier molecular flexibility index (Phi) is 4.51. The molecule has 1 aromatic carbocycles. The number of carbonyl (C=O) groups excluding carboxylic acids is 1. The van der Waals surface area contributed by atoms with Gasteiger partial charge in [-0.15, -0.1) is 0 Å². The van der Waals surface area contributed by atoms with Crippen LogP contribution in [0.1, 0.15) is 32.8 Å². The Bertz CT molecular complexity index is 658. The van der Waals surface area contributed by atoms with Crippen molar-refractivity contribution < 1.29 is 18.3 Å². The maximum Gasteiger partial charge on any atom is 0.178 e. The monoisotopic (exact) mass is 324 g/mol. The highest BCUT2D eigenvalue weighted by Gasteiger charge is 2.47. The molecular formula is C17H24O4S. The largest absolute Gasteiger partial charge is 0.385 e. The van der Waals surface area contributed by atoms with Crippen molar-refractivity contribution in [3.8, 4) is 0 Å². The number of carbonyl (C=O) groups is 1. The quantitative estimate of drug-likeness (QED) is 0.926. The van der Waals surface area contributed by atoms with Crippen molar-refractivity contribution in [2.75, 3.05) is 5.75 Å². The molecule has 0 bridgehead atoms. The van der Waals surface area contributed by atoms with Crippen LogP contribution in [0.5, 0.6) is 0 Å². The molecule has 0 radical (unpaired) electrons. The fraction of sp³-hybridized carbons (Fsp3) is 0.588. The highest BCUT2D eigenvalue weighted by Crippen LogP contribution is 2.43. The van der Waals surface area contributed by atoms with Gasteiger partial charge in [0.15, 0.2) is 15.6 Å². The molecule has 5 heteroatoms. The third-order valence-corrected chi connectivity index (χ3v) is 6.67. The molecule has 4 nitrogen and oxygen atoms in total. The second-order valence-corrected chi connectivity index (χ2v) is 9.13. The van der Waals surface area contributed by atoms with Gasteiger partial charge in [-0.2, -0.15) is 0 Å². The van der Waals surface area contributed by atoms with E-state index in [2.05, 4.69) is 0 Å². The topological polar surface area (TPSA) is 71.4 Å². The van der Waals surface area contributed by atoms with Crippen molar-refractivity contribution in [2.45, 2.75) is 45.1 Å². The van der Waals surface area contributed by atoms with E-state index in [1.54, 1.807) is 31.2 Å². The zero-order chi connectivity index (χ0) is 16.7. The van der Waals surface area contributed by atoms with Gasteiger partial charge >= 0.3 is 0 Å². The minimum atomic E-state index is -3.46. The molecule has 1 aromatic rings. The molecule has 0 saturated heterocycles. The van der Waals surface area contributed by atoms with Crippen LogP contribution in [-0.4, -0.2) is 31.2 Å². The van der Waals surface area contributed by atoms with Gasteiger partial charge < -0.3 is 5.11 Å². The molecule has 0 aliphatic heterocycles. The smallest absolute Gasteiger partial charge is 0.178 e. The van der Waals surface area contributed by atoms with Crippen LogP contribution in [-0.2, 0) is 14.6 Å². The zero-order valence-corrected chi connectivity index (χ0v) is 14.4. The SMILES string of the molecule is Cc1ccc(S(=O)(=O)CC2C(C)C(=O)C(O)CC2(C)C)cc1. The van der Waals surface area contributed by atoms with Gasteiger partial charge in [-0.1, -0.05) is 38.5 Å². The number of ketones is 1.